The van der Waals surface area contributed by atoms with Crippen LogP contribution in [-0.2, 0) is 6.54 Å². The molecule has 0 aliphatic rings. The van der Waals surface area contributed by atoms with Gasteiger partial charge in [-0.15, -0.1) is 0 Å². The molecule has 0 saturated carbocycles. The highest BCUT2D eigenvalue weighted by Crippen LogP contribution is 2.15. The lowest BCUT2D eigenvalue weighted by Crippen LogP contribution is -2.30. The van der Waals surface area contributed by atoms with Crippen molar-refractivity contribution in [2.75, 3.05) is 7.05 Å². The number of benzene rings is 1. The third-order valence-electron chi connectivity index (χ3n) is 3.15. The van der Waals surface area contributed by atoms with Crippen molar-refractivity contribution in [3.63, 3.8) is 0 Å². The lowest BCUT2D eigenvalue weighted by molar-refractivity contribution is 0.451. The van der Waals surface area contributed by atoms with Crippen molar-refractivity contribution in [3.8, 4) is 0 Å². The van der Waals surface area contributed by atoms with Crippen LogP contribution in [0, 0.1) is 13.8 Å². The van der Waals surface area contributed by atoms with Gasteiger partial charge in [0.25, 0.3) is 5.56 Å². The van der Waals surface area contributed by atoms with Gasteiger partial charge < -0.3 is 5.32 Å². The highest BCUT2D eigenvalue weighted by Gasteiger charge is 2.11. The lowest BCUT2D eigenvalue weighted by atomic mass is 10.0. The average Bonchev–Trinajstić information content (AvgIpc) is 2.38. The number of hydrogen-bond acceptors (Lipinski definition) is 3. The zero-order valence-electron chi connectivity index (χ0n) is 11.6. The van der Waals surface area contributed by atoms with Gasteiger partial charge in [0, 0.05) is 6.07 Å². The molecule has 2 aromatic rings. The summed E-state index contributed by atoms with van der Waals surface area (Å²) in [6.07, 6.45) is 1.71. The van der Waals surface area contributed by atoms with Crippen molar-refractivity contribution in [2.24, 2.45) is 0 Å². The molecule has 1 aromatic carbocycles. The highest BCUT2D eigenvalue weighted by molar-refractivity contribution is 5.25. The van der Waals surface area contributed by atoms with Crippen molar-refractivity contribution in [3.05, 3.63) is 63.6 Å². The smallest absolute Gasteiger partial charge is 0.267 e. The van der Waals surface area contributed by atoms with Crippen LogP contribution in [0.5, 0.6) is 0 Å². The molecule has 4 heteroatoms. The lowest BCUT2D eigenvalue weighted by Gasteiger charge is -2.17. The maximum atomic E-state index is 11.9. The second-order valence-electron chi connectivity index (χ2n) is 4.81. The van der Waals surface area contributed by atoms with E-state index in [1.165, 1.54) is 10.2 Å². The molecule has 1 heterocycles. The number of nitrogens with one attached hydrogen (secondary N) is 1. The van der Waals surface area contributed by atoms with Gasteiger partial charge in [-0.2, -0.15) is 5.10 Å². The van der Waals surface area contributed by atoms with E-state index < -0.39 is 0 Å². The SMILES string of the molecule is CNC(Cn1ncc(C)cc1=O)c1cccc(C)c1. The van der Waals surface area contributed by atoms with Crippen molar-refractivity contribution >= 4 is 0 Å². The number of rotatable bonds is 4. The van der Waals surface area contributed by atoms with E-state index in [0.717, 1.165) is 11.1 Å². The fraction of sp³-hybridized carbons (Fsp3) is 0.333. The monoisotopic (exact) mass is 257 g/mol. The molecule has 0 aliphatic heterocycles. The number of hydrogen-bond donors (Lipinski definition) is 1. The summed E-state index contributed by atoms with van der Waals surface area (Å²) < 4.78 is 1.50. The molecule has 1 unspecified atom stereocenters. The molecule has 0 fully saturated rings. The molecule has 0 amide bonds. The second-order valence-corrected chi connectivity index (χ2v) is 4.81. The summed E-state index contributed by atoms with van der Waals surface area (Å²) in [5, 5.41) is 7.41. The van der Waals surface area contributed by atoms with Crippen LogP contribution in [0.2, 0.25) is 0 Å². The Bertz CT molecular complexity index is 619. The largest absolute Gasteiger partial charge is 0.311 e. The zero-order valence-corrected chi connectivity index (χ0v) is 11.6. The van der Waals surface area contributed by atoms with Gasteiger partial charge in [-0.3, -0.25) is 4.79 Å². The second kappa shape index (κ2) is 5.80. The Balaban J connectivity index is 2.26. The molecule has 1 aromatic heterocycles. The van der Waals surface area contributed by atoms with Crippen LogP contribution in [-0.4, -0.2) is 16.8 Å². The number of aromatic nitrogens is 2. The van der Waals surface area contributed by atoms with Gasteiger partial charge in [0.15, 0.2) is 0 Å². The first-order chi connectivity index (χ1) is 9.10. The van der Waals surface area contributed by atoms with E-state index >= 15 is 0 Å². The van der Waals surface area contributed by atoms with E-state index in [-0.39, 0.29) is 11.6 Å². The predicted octanol–water partition coefficient (Wildman–Crippen LogP) is 1.82. The molecule has 1 N–H and O–H groups in total. The summed E-state index contributed by atoms with van der Waals surface area (Å²) >= 11 is 0. The van der Waals surface area contributed by atoms with Gasteiger partial charge in [-0.25, -0.2) is 4.68 Å². The van der Waals surface area contributed by atoms with E-state index in [2.05, 4.69) is 35.5 Å². The van der Waals surface area contributed by atoms with Gasteiger partial charge >= 0.3 is 0 Å². The van der Waals surface area contributed by atoms with Crippen molar-refractivity contribution < 1.29 is 0 Å². The van der Waals surface area contributed by atoms with Crippen LogP contribution in [0.15, 0.2) is 41.3 Å². The molecular formula is C15H19N3O. The van der Waals surface area contributed by atoms with E-state index in [4.69, 9.17) is 0 Å². The maximum Gasteiger partial charge on any atom is 0.267 e. The summed E-state index contributed by atoms with van der Waals surface area (Å²) in [5.41, 5.74) is 3.20. The third-order valence-corrected chi connectivity index (χ3v) is 3.15. The van der Waals surface area contributed by atoms with E-state index in [1.54, 1.807) is 12.3 Å². The number of likely N-dealkylation sites (N-methyl/N-ethyl adjacent to an activating group) is 1. The maximum absolute atomic E-state index is 11.9. The Morgan fingerprint density at radius 3 is 2.68 bits per heavy atom. The molecule has 0 saturated heterocycles. The molecule has 0 spiro atoms. The normalized spacial score (nSPS) is 12.4. The Kier molecular flexibility index (Phi) is 4.12. The quantitative estimate of drug-likeness (QED) is 0.909. The van der Waals surface area contributed by atoms with Gasteiger partial charge in [0.2, 0.25) is 0 Å². The van der Waals surface area contributed by atoms with Crippen LogP contribution in [0.1, 0.15) is 22.7 Å². The van der Waals surface area contributed by atoms with Crippen LogP contribution < -0.4 is 10.9 Å². The van der Waals surface area contributed by atoms with Crippen molar-refractivity contribution in [1.29, 1.82) is 0 Å². The van der Waals surface area contributed by atoms with E-state index in [0.29, 0.717) is 6.54 Å². The number of nitrogens with zero attached hydrogens (tertiary/aromatic N) is 2. The van der Waals surface area contributed by atoms with Gasteiger partial charge in [-0.1, -0.05) is 29.8 Å². The molecule has 4 nitrogen and oxygen atoms in total. The summed E-state index contributed by atoms with van der Waals surface area (Å²) in [5.74, 6) is 0. The Morgan fingerprint density at radius 1 is 1.26 bits per heavy atom. The van der Waals surface area contributed by atoms with Crippen LogP contribution in [0.3, 0.4) is 0 Å². The van der Waals surface area contributed by atoms with Gasteiger partial charge in [-0.05, 0) is 32.0 Å². The standard InChI is InChI=1S/C15H19N3O/c1-11-5-4-6-13(7-11)14(16-3)10-18-15(19)8-12(2)9-17-18/h4-9,14,16H,10H2,1-3H3. The van der Waals surface area contributed by atoms with Gasteiger partial charge in [0.1, 0.15) is 0 Å². The first-order valence-electron chi connectivity index (χ1n) is 6.38. The van der Waals surface area contributed by atoms with Crippen molar-refractivity contribution in [1.82, 2.24) is 15.1 Å². The molecule has 1 atom stereocenters. The highest BCUT2D eigenvalue weighted by atomic mass is 16.1. The molecule has 2 rings (SSSR count). The summed E-state index contributed by atoms with van der Waals surface area (Å²) in [4.78, 5) is 11.9. The molecule has 0 aliphatic carbocycles. The average molecular weight is 257 g/mol. The van der Waals surface area contributed by atoms with E-state index in [9.17, 15) is 4.79 Å². The zero-order chi connectivity index (χ0) is 13.8. The van der Waals surface area contributed by atoms with Crippen LogP contribution >= 0.6 is 0 Å². The first kappa shape index (κ1) is 13.5. The number of aryl methyl sites for hydroxylation is 2. The topological polar surface area (TPSA) is 46.9 Å². The molecule has 100 valence electrons. The predicted molar refractivity (Wildman–Crippen MR) is 76.2 cm³/mol. The fourth-order valence-corrected chi connectivity index (χ4v) is 2.08. The molecule has 0 radical (unpaired) electrons. The Labute approximate surface area is 113 Å². The first-order valence-corrected chi connectivity index (χ1v) is 6.38. The molecule has 19 heavy (non-hydrogen) atoms. The summed E-state index contributed by atoms with van der Waals surface area (Å²) in [6.45, 7) is 4.46. The van der Waals surface area contributed by atoms with E-state index in [1.807, 2.05) is 20.0 Å². The Morgan fingerprint density at radius 2 is 2.05 bits per heavy atom. The molecular weight excluding hydrogens is 238 g/mol. The minimum Gasteiger partial charge on any atom is -0.311 e. The van der Waals surface area contributed by atoms with Gasteiger partial charge in [0.05, 0.1) is 18.8 Å². The summed E-state index contributed by atoms with van der Waals surface area (Å²) in [7, 11) is 1.90. The summed E-state index contributed by atoms with van der Waals surface area (Å²) in [6, 6.07) is 9.96. The Hall–Kier alpha value is -1.94. The van der Waals surface area contributed by atoms with Crippen molar-refractivity contribution in [2.45, 2.75) is 26.4 Å². The molecule has 0 bridgehead atoms. The van der Waals surface area contributed by atoms with Crippen LogP contribution in [0.25, 0.3) is 0 Å². The third kappa shape index (κ3) is 3.29. The minimum absolute atomic E-state index is 0.0621. The fourth-order valence-electron chi connectivity index (χ4n) is 2.08. The minimum atomic E-state index is -0.0621. The van der Waals surface area contributed by atoms with Crippen LogP contribution in [0.4, 0.5) is 0 Å².